The molecule has 2 rings (SSSR count). The van der Waals surface area contributed by atoms with Crippen LogP contribution >= 0.6 is 0 Å². The number of para-hydroxylation sites is 1. The van der Waals surface area contributed by atoms with E-state index in [2.05, 4.69) is 13.8 Å². The first-order valence-electron chi connectivity index (χ1n) is 6.05. The minimum atomic E-state index is 0.0670. The lowest BCUT2D eigenvalue weighted by molar-refractivity contribution is 0.0716. The van der Waals surface area contributed by atoms with Crippen LogP contribution in [0, 0.1) is 5.92 Å². The molecule has 2 heteroatoms. The second-order valence-electron chi connectivity index (χ2n) is 4.36. The van der Waals surface area contributed by atoms with Gasteiger partial charge in [0.25, 0.3) is 0 Å². The molecule has 2 nitrogen and oxygen atoms in total. The highest BCUT2D eigenvalue weighted by Gasteiger charge is 2.30. The molecule has 1 aromatic carbocycles. The number of ether oxygens (including phenoxy) is 1. The Labute approximate surface area is 96.6 Å². The third kappa shape index (κ3) is 1.97. The molecule has 0 saturated carbocycles. The van der Waals surface area contributed by atoms with Gasteiger partial charge >= 0.3 is 0 Å². The average Bonchev–Trinajstić information content (AvgIpc) is 2.31. The molecule has 0 bridgehead atoms. The van der Waals surface area contributed by atoms with Crippen molar-refractivity contribution in [2.45, 2.75) is 39.2 Å². The Hall–Kier alpha value is -1.31. The van der Waals surface area contributed by atoms with Crippen molar-refractivity contribution >= 4 is 5.78 Å². The van der Waals surface area contributed by atoms with Crippen LogP contribution in [0.25, 0.3) is 0 Å². The highest BCUT2D eigenvalue weighted by molar-refractivity contribution is 5.99. The molecule has 1 aliphatic rings. The third-order valence-corrected chi connectivity index (χ3v) is 3.43. The number of rotatable bonds is 3. The Bertz CT molecular complexity index is 380. The summed E-state index contributed by atoms with van der Waals surface area (Å²) >= 11 is 0. The summed E-state index contributed by atoms with van der Waals surface area (Å²) in [6.07, 6.45) is 2.73. The van der Waals surface area contributed by atoms with Gasteiger partial charge in [0, 0.05) is 6.42 Å². The normalized spacial score (nSPS) is 19.4. The molecular weight excluding hydrogens is 200 g/mol. The molecule has 0 N–H and O–H groups in total. The summed E-state index contributed by atoms with van der Waals surface area (Å²) in [6, 6.07) is 7.54. The van der Waals surface area contributed by atoms with Gasteiger partial charge < -0.3 is 4.74 Å². The van der Waals surface area contributed by atoms with Crippen LogP contribution in [0.15, 0.2) is 24.3 Å². The van der Waals surface area contributed by atoms with Gasteiger partial charge in [-0.25, -0.2) is 0 Å². The van der Waals surface area contributed by atoms with Gasteiger partial charge in [0.05, 0.1) is 5.56 Å². The summed E-state index contributed by atoms with van der Waals surface area (Å²) in [5.41, 5.74) is 0.740. The van der Waals surface area contributed by atoms with Crippen LogP contribution in [0.4, 0.5) is 0 Å². The fourth-order valence-corrected chi connectivity index (χ4v) is 2.37. The number of carbonyl (C=O) groups excluding carboxylic acids is 1. The van der Waals surface area contributed by atoms with E-state index >= 15 is 0 Å². The van der Waals surface area contributed by atoms with E-state index in [-0.39, 0.29) is 11.9 Å². The number of carbonyl (C=O) groups is 1. The van der Waals surface area contributed by atoms with E-state index < -0.39 is 0 Å². The lowest BCUT2D eigenvalue weighted by Crippen LogP contribution is -2.33. The summed E-state index contributed by atoms with van der Waals surface area (Å²) in [4.78, 5) is 12.0. The summed E-state index contributed by atoms with van der Waals surface area (Å²) in [7, 11) is 0. The Balaban J connectivity index is 2.24. The maximum atomic E-state index is 12.0. The van der Waals surface area contributed by atoms with Gasteiger partial charge in [0.2, 0.25) is 0 Å². The predicted molar refractivity (Wildman–Crippen MR) is 63.9 cm³/mol. The predicted octanol–water partition coefficient (Wildman–Crippen LogP) is 3.46. The molecule has 0 radical (unpaired) electrons. The molecule has 0 spiro atoms. The molecule has 0 aromatic heterocycles. The molecule has 16 heavy (non-hydrogen) atoms. The molecule has 86 valence electrons. The monoisotopic (exact) mass is 218 g/mol. The van der Waals surface area contributed by atoms with Crippen molar-refractivity contribution in [2.75, 3.05) is 0 Å². The summed E-state index contributed by atoms with van der Waals surface area (Å²) in [5, 5.41) is 0. The quantitative estimate of drug-likeness (QED) is 0.776. The van der Waals surface area contributed by atoms with Gasteiger partial charge in [0.1, 0.15) is 11.9 Å². The van der Waals surface area contributed by atoms with Crippen LogP contribution in [-0.2, 0) is 0 Å². The molecule has 1 unspecified atom stereocenters. The molecule has 0 saturated heterocycles. The van der Waals surface area contributed by atoms with E-state index in [1.165, 1.54) is 0 Å². The first-order chi connectivity index (χ1) is 7.76. The van der Waals surface area contributed by atoms with Crippen molar-refractivity contribution in [3.8, 4) is 5.75 Å². The van der Waals surface area contributed by atoms with E-state index in [9.17, 15) is 4.79 Å². The summed E-state index contributed by atoms with van der Waals surface area (Å²) < 4.78 is 5.93. The fourth-order valence-electron chi connectivity index (χ4n) is 2.37. The zero-order valence-electron chi connectivity index (χ0n) is 9.90. The Kier molecular flexibility index (Phi) is 3.28. The van der Waals surface area contributed by atoms with E-state index in [0.29, 0.717) is 12.3 Å². The lowest BCUT2D eigenvalue weighted by atomic mass is 9.89. The highest BCUT2D eigenvalue weighted by Crippen LogP contribution is 2.31. The Morgan fingerprint density at radius 1 is 1.31 bits per heavy atom. The first-order valence-corrected chi connectivity index (χ1v) is 6.05. The van der Waals surface area contributed by atoms with Crippen molar-refractivity contribution in [1.82, 2.24) is 0 Å². The lowest BCUT2D eigenvalue weighted by Gasteiger charge is -2.30. The number of hydrogen-bond donors (Lipinski definition) is 0. The SMILES string of the molecule is CCC(CC)C1CC(=O)c2ccccc2O1. The maximum Gasteiger partial charge on any atom is 0.170 e. The zero-order chi connectivity index (χ0) is 11.5. The van der Waals surface area contributed by atoms with E-state index in [0.717, 1.165) is 24.2 Å². The van der Waals surface area contributed by atoms with Crippen LogP contribution in [0.5, 0.6) is 5.75 Å². The van der Waals surface area contributed by atoms with Gasteiger partial charge in [-0.3, -0.25) is 4.79 Å². The van der Waals surface area contributed by atoms with E-state index in [1.54, 1.807) is 0 Å². The second-order valence-corrected chi connectivity index (χ2v) is 4.36. The van der Waals surface area contributed by atoms with Gasteiger partial charge in [-0.1, -0.05) is 26.0 Å². The van der Waals surface area contributed by atoms with Crippen molar-refractivity contribution in [3.05, 3.63) is 29.8 Å². The number of fused-ring (bicyclic) bond motifs is 1. The molecule has 1 atom stereocenters. The van der Waals surface area contributed by atoms with Crippen LogP contribution in [0.1, 0.15) is 43.5 Å². The Morgan fingerprint density at radius 3 is 2.69 bits per heavy atom. The molecule has 0 aliphatic carbocycles. The molecule has 1 heterocycles. The van der Waals surface area contributed by atoms with Gasteiger partial charge in [0.15, 0.2) is 5.78 Å². The zero-order valence-corrected chi connectivity index (χ0v) is 9.90. The van der Waals surface area contributed by atoms with Crippen molar-refractivity contribution in [3.63, 3.8) is 0 Å². The van der Waals surface area contributed by atoms with Crippen LogP contribution in [-0.4, -0.2) is 11.9 Å². The average molecular weight is 218 g/mol. The standard InChI is InChI=1S/C14H18O2/c1-3-10(4-2)14-9-12(15)11-7-5-6-8-13(11)16-14/h5-8,10,14H,3-4,9H2,1-2H3. The number of hydrogen-bond acceptors (Lipinski definition) is 2. The number of benzene rings is 1. The molecular formula is C14H18O2. The third-order valence-electron chi connectivity index (χ3n) is 3.43. The van der Waals surface area contributed by atoms with Gasteiger partial charge in [-0.2, -0.15) is 0 Å². The molecule has 1 aromatic rings. The number of ketones is 1. The Morgan fingerprint density at radius 2 is 2.00 bits per heavy atom. The fraction of sp³-hybridized carbons (Fsp3) is 0.500. The minimum Gasteiger partial charge on any atom is -0.489 e. The highest BCUT2D eigenvalue weighted by atomic mass is 16.5. The second kappa shape index (κ2) is 4.69. The molecule has 0 amide bonds. The van der Waals surface area contributed by atoms with Crippen molar-refractivity contribution < 1.29 is 9.53 Å². The van der Waals surface area contributed by atoms with Crippen LogP contribution in [0.2, 0.25) is 0 Å². The van der Waals surface area contributed by atoms with Crippen molar-refractivity contribution in [2.24, 2.45) is 5.92 Å². The van der Waals surface area contributed by atoms with E-state index in [4.69, 9.17) is 4.74 Å². The maximum absolute atomic E-state index is 12.0. The minimum absolute atomic E-state index is 0.0670. The summed E-state index contributed by atoms with van der Waals surface area (Å²) in [5.74, 6) is 1.46. The summed E-state index contributed by atoms with van der Waals surface area (Å²) in [6.45, 7) is 4.31. The van der Waals surface area contributed by atoms with Crippen LogP contribution in [0.3, 0.4) is 0 Å². The van der Waals surface area contributed by atoms with Gasteiger partial charge in [-0.15, -0.1) is 0 Å². The molecule has 1 aliphatic heterocycles. The van der Waals surface area contributed by atoms with Crippen molar-refractivity contribution in [1.29, 1.82) is 0 Å². The smallest absolute Gasteiger partial charge is 0.170 e. The topological polar surface area (TPSA) is 26.3 Å². The van der Waals surface area contributed by atoms with E-state index in [1.807, 2.05) is 24.3 Å². The number of Topliss-reactive ketones (excluding diaryl/α,β-unsaturated/α-hetero) is 1. The largest absolute Gasteiger partial charge is 0.489 e. The first kappa shape index (κ1) is 11.2. The molecule has 0 fully saturated rings. The van der Waals surface area contributed by atoms with Crippen LogP contribution < -0.4 is 4.74 Å². The van der Waals surface area contributed by atoms with Gasteiger partial charge in [-0.05, 0) is 30.9 Å².